The topological polar surface area (TPSA) is 41.8 Å². The van der Waals surface area contributed by atoms with Gasteiger partial charge < -0.3 is 9.40 Å². The van der Waals surface area contributed by atoms with Crippen LogP contribution in [0.1, 0.15) is 18.4 Å². The van der Waals surface area contributed by atoms with Crippen LogP contribution >= 0.6 is 0 Å². The second-order valence-electron chi connectivity index (χ2n) is 2.81. The summed E-state index contributed by atoms with van der Waals surface area (Å²) in [7, 11) is 0. The lowest BCUT2D eigenvalue weighted by molar-refractivity contribution is 0.557. The summed E-state index contributed by atoms with van der Waals surface area (Å²) in [6.45, 7) is 2.01. The Kier molecular flexibility index (Phi) is 2.00. The van der Waals surface area contributed by atoms with E-state index in [0.717, 1.165) is 17.0 Å². The molecule has 0 aromatic carbocycles. The van der Waals surface area contributed by atoms with E-state index in [9.17, 15) is 0 Å². The van der Waals surface area contributed by atoms with Crippen molar-refractivity contribution < 1.29 is 4.42 Å². The van der Waals surface area contributed by atoms with Crippen molar-refractivity contribution in [1.29, 1.82) is 0 Å². The van der Waals surface area contributed by atoms with Gasteiger partial charge in [0, 0.05) is 0 Å². The molecule has 3 nitrogen and oxygen atoms in total. The van der Waals surface area contributed by atoms with Gasteiger partial charge in [-0.05, 0) is 30.7 Å². The van der Waals surface area contributed by atoms with E-state index >= 15 is 0 Å². The quantitative estimate of drug-likeness (QED) is 0.760. The van der Waals surface area contributed by atoms with E-state index in [4.69, 9.17) is 4.42 Å². The van der Waals surface area contributed by atoms with Crippen LogP contribution in [0.15, 0.2) is 35.3 Å². The highest BCUT2D eigenvalue weighted by Crippen LogP contribution is 2.14. The van der Waals surface area contributed by atoms with E-state index < -0.39 is 0 Å². The minimum Gasteiger partial charge on any atom is -0.465 e. The monoisotopic (exact) mass is 174 g/mol. The number of hydrogen-bond acceptors (Lipinski definition) is 2. The molecule has 0 aliphatic rings. The summed E-state index contributed by atoms with van der Waals surface area (Å²) in [5.74, 6) is 0.854. The zero-order chi connectivity index (χ0) is 9.10. The molecule has 0 fully saturated rings. The SMILES string of the molecule is C/C(=C\c1ccco1)c1cnc[nH]1. The van der Waals surface area contributed by atoms with Crippen molar-refractivity contribution in [2.75, 3.05) is 0 Å². The van der Waals surface area contributed by atoms with Crippen molar-refractivity contribution in [3.05, 3.63) is 42.4 Å². The van der Waals surface area contributed by atoms with Gasteiger partial charge in [0.05, 0.1) is 24.5 Å². The van der Waals surface area contributed by atoms with Crippen molar-refractivity contribution in [3.63, 3.8) is 0 Å². The molecule has 3 heteroatoms. The zero-order valence-corrected chi connectivity index (χ0v) is 7.32. The molecule has 2 heterocycles. The van der Waals surface area contributed by atoms with E-state index in [1.54, 1.807) is 18.8 Å². The maximum absolute atomic E-state index is 5.19. The average molecular weight is 174 g/mol. The summed E-state index contributed by atoms with van der Waals surface area (Å²) < 4.78 is 5.19. The van der Waals surface area contributed by atoms with Crippen LogP contribution in [0.5, 0.6) is 0 Å². The van der Waals surface area contributed by atoms with E-state index in [0.29, 0.717) is 0 Å². The first-order valence-electron chi connectivity index (χ1n) is 4.07. The number of imidazole rings is 1. The van der Waals surface area contributed by atoms with Crippen LogP contribution in [0.4, 0.5) is 0 Å². The van der Waals surface area contributed by atoms with Crippen molar-refractivity contribution in [2.24, 2.45) is 0 Å². The van der Waals surface area contributed by atoms with Crippen molar-refractivity contribution in [1.82, 2.24) is 9.97 Å². The van der Waals surface area contributed by atoms with Gasteiger partial charge in [0.25, 0.3) is 0 Å². The molecule has 1 N–H and O–H groups in total. The number of furan rings is 1. The van der Waals surface area contributed by atoms with Gasteiger partial charge in [0.1, 0.15) is 5.76 Å². The fraction of sp³-hybridized carbons (Fsp3) is 0.100. The molecular weight excluding hydrogens is 164 g/mol. The average Bonchev–Trinajstić information content (AvgIpc) is 2.74. The van der Waals surface area contributed by atoms with Gasteiger partial charge in [-0.3, -0.25) is 0 Å². The number of aromatic amines is 1. The highest BCUT2D eigenvalue weighted by molar-refractivity contribution is 5.76. The van der Waals surface area contributed by atoms with Crippen molar-refractivity contribution in [3.8, 4) is 0 Å². The standard InChI is InChI=1S/C10H10N2O/c1-8(10-6-11-7-12-10)5-9-3-2-4-13-9/h2-7H,1H3,(H,11,12)/b8-5+. The number of hydrogen-bond donors (Lipinski definition) is 1. The van der Waals surface area contributed by atoms with Crippen LogP contribution in [0, 0.1) is 0 Å². The molecule has 0 unspecified atom stereocenters. The molecule has 0 radical (unpaired) electrons. The number of nitrogens with one attached hydrogen (secondary N) is 1. The van der Waals surface area contributed by atoms with Gasteiger partial charge in [-0.15, -0.1) is 0 Å². The summed E-state index contributed by atoms with van der Waals surface area (Å²) in [6, 6.07) is 3.78. The first kappa shape index (κ1) is 7.86. The Morgan fingerprint density at radius 1 is 1.62 bits per heavy atom. The van der Waals surface area contributed by atoms with E-state index in [1.807, 2.05) is 25.1 Å². The molecule has 13 heavy (non-hydrogen) atoms. The highest BCUT2D eigenvalue weighted by Gasteiger charge is 1.97. The molecule has 2 aromatic heterocycles. The Morgan fingerprint density at radius 2 is 2.54 bits per heavy atom. The molecule has 0 saturated carbocycles. The van der Waals surface area contributed by atoms with Crippen molar-refractivity contribution >= 4 is 11.6 Å². The molecule has 0 bridgehead atoms. The molecule has 0 aliphatic heterocycles. The molecule has 0 aliphatic carbocycles. The van der Waals surface area contributed by atoms with Gasteiger partial charge in [-0.25, -0.2) is 4.98 Å². The maximum Gasteiger partial charge on any atom is 0.126 e. The molecule has 2 aromatic rings. The Balaban J connectivity index is 2.27. The third-order valence-corrected chi connectivity index (χ3v) is 1.83. The molecule has 0 saturated heterocycles. The lowest BCUT2D eigenvalue weighted by Gasteiger charge is -1.93. The van der Waals surface area contributed by atoms with Gasteiger partial charge in [-0.2, -0.15) is 0 Å². The molecule has 0 atom stereocenters. The molecule has 0 spiro atoms. The largest absolute Gasteiger partial charge is 0.465 e. The van der Waals surface area contributed by atoms with Gasteiger partial charge in [0.15, 0.2) is 0 Å². The van der Waals surface area contributed by atoms with Crippen LogP contribution in [0.3, 0.4) is 0 Å². The number of allylic oxidation sites excluding steroid dienone is 1. The fourth-order valence-corrected chi connectivity index (χ4v) is 1.14. The molecular formula is C10H10N2O. The van der Waals surface area contributed by atoms with Gasteiger partial charge in [-0.1, -0.05) is 0 Å². The highest BCUT2D eigenvalue weighted by atomic mass is 16.3. The van der Waals surface area contributed by atoms with Crippen molar-refractivity contribution in [2.45, 2.75) is 6.92 Å². The third kappa shape index (κ3) is 1.69. The lowest BCUT2D eigenvalue weighted by Crippen LogP contribution is -1.77. The Hall–Kier alpha value is -1.77. The lowest BCUT2D eigenvalue weighted by atomic mass is 10.2. The predicted octanol–water partition coefficient (Wildman–Crippen LogP) is 2.56. The van der Waals surface area contributed by atoms with E-state index in [1.165, 1.54) is 0 Å². The minimum absolute atomic E-state index is 0.854. The maximum atomic E-state index is 5.19. The number of aromatic nitrogens is 2. The second kappa shape index (κ2) is 3.31. The van der Waals surface area contributed by atoms with Gasteiger partial charge >= 0.3 is 0 Å². The normalized spacial score (nSPS) is 11.9. The predicted molar refractivity (Wildman–Crippen MR) is 50.8 cm³/mol. The molecule has 66 valence electrons. The smallest absolute Gasteiger partial charge is 0.126 e. The number of H-pyrrole nitrogens is 1. The number of nitrogens with zero attached hydrogens (tertiary/aromatic N) is 1. The summed E-state index contributed by atoms with van der Waals surface area (Å²) in [4.78, 5) is 6.97. The summed E-state index contributed by atoms with van der Waals surface area (Å²) >= 11 is 0. The van der Waals surface area contributed by atoms with E-state index in [-0.39, 0.29) is 0 Å². The van der Waals surface area contributed by atoms with Crippen LogP contribution < -0.4 is 0 Å². The first-order valence-corrected chi connectivity index (χ1v) is 4.07. The minimum atomic E-state index is 0.854. The van der Waals surface area contributed by atoms with Crippen LogP contribution in [-0.4, -0.2) is 9.97 Å². The number of rotatable bonds is 2. The zero-order valence-electron chi connectivity index (χ0n) is 7.32. The second-order valence-corrected chi connectivity index (χ2v) is 2.81. The summed E-state index contributed by atoms with van der Waals surface area (Å²) in [5, 5.41) is 0. The molecule has 0 amide bonds. The summed E-state index contributed by atoms with van der Waals surface area (Å²) in [5.41, 5.74) is 2.11. The third-order valence-electron chi connectivity index (χ3n) is 1.83. The van der Waals surface area contributed by atoms with E-state index in [2.05, 4.69) is 9.97 Å². The van der Waals surface area contributed by atoms with Crippen LogP contribution in [0.25, 0.3) is 11.6 Å². The van der Waals surface area contributed by atoms with Crippen LogP contribution in [-0.2, 0) is 0 Å². The Labute approximate surface area is 76.1 Å². The van der Waals surface area contributed by atoms with Crippen LogP contribution in [0.2, 0.25) is 0 Å². The molecule has 2 rings (SSSR count). The fourth-order valence-electron chi connectivity index (χ4n) is 1.14. The van der Waals surface area contributed by atoms with Gasteiger partial charge in [0.2, 0.25) is 0 Å². The first-order chi connectivity index (χ1) is 6.36. The Bertz CT molecular complexity index is 384. The summed E-state index contributed by atoms with van der Waals surface area (Å²) in [6.07, 6.45) is 7.07. The Morgan fingerprint density at radius 3 is 3.15 bits per heavy atom.